The Bertz CT molecular complexity index is 6880. The first-order chi connectivity index (χ1) is 58.1. The first kappa shape index (κ1) is 78.8. The van der Waals surface area contributed by atoms with Crippen LogP contribution in [0.5, 0.6) is 0 Å². The molecule has 8 aliphatic rings. The molecule has 616 valence electrons. The fourth-order valence-electron chi connectivity index (χ4n) is 23.2. The smallest absolute Gasteiger partial charge is 0.254 e. The van der Waals surface area contributed by atoms with Crippen LogP contribution in [-0.2, 0) is 60.6 Å². The van der Waals surface area contributed by atoms with Gasteiger partial charge in [0.1, 0.15) is 0 Å². The molecule has 0 N–H and O–H groups in total. The summed E-state index contributed by atoms with van der Waals surface area (Å²) >= 11 is 3.98. The number of hydrogen-bond acceptors (Lipinski definition) is 6. The third-order valence-corrected chi connectivity index (χ3v) is 33.6. The van der Waals surface area contributed by atoms with Crippen molar-refractivity contribution in [1.29, 1.82) is 0 Å². The zero-order valence-corrected chi connectivity index (χ0v) is 78.5. The fourth-order valence-corrected chi connectivity index (χ4v) is 25.7. The fraction of sp³-hybridized carbons (Fsp3) is 0.339. The number of aryl methyl sites for hydroxylation is 1. The molecule has 0 amide bonds. The van der Waals surface area contributed by atoms with E-state index >= 15 is 0 Å². The predicted octanol–water partition coefficient (Wildman–Crippen LogP) is 28.4. The number of fused-ring (bicyclic) bond motifs is 24. The van der Waals surface area contributed by atoms with E-state index in [-0.39, 0.29) is 67.6 Å². The van der Waals surface area contributed by atoms with Gasteiger partial charge in [-0.25, -0.2) is 0 Å². The van der Waals surface area contributed by atoms with Crippen molar-refractivity contribution in [3.63, 3.8) is 0 Å². The Hall–Kier alpha value is -10.1. The zero-order chi connectivity index (χ0) is 85.8. The molecule has 2 aromatic heterocycles. The minimum Gasteiger partial charge on any atom is -0.311 e. The lowest BCUT2D eigenvalue weighted by Gasteiger charge is -2.49. The van der Waals surface area contributed by atoms with E-state index in [1.54, 1.807) is 0 Å². The van der Waals surface area contributed by atoms with Crippen LogP contribution in [0.25, 0.3) is 42.4 Å². The van der Waals surface area contributed by atoms with Crippen LogP contribution >= 0.6 is 22.7 Å². The van der Waals surface area contributed by atoms with Crippen molar-refractivity contribution in [3.8, 4) is 22.3 Å². The van der Waals surface area contributed by atoms with Crippen molar-refractivity contribution in [2.24, 2.45) is 0 Å². The van der Waals surface area contributed by atoms with E-state index in [2.05, 4.69) is 403 Å². The summed E-state index contributed by atoms with van der Waals surface area (Å²) in [4.78, 5) is 11.0. The third kappa shape index (κ3) is 11.7. The molecule has 12 aromatic carbocycles. The normalized spacial score (nSPS) is 18.6. The highest BCUT2D eigenvalue weighted by molar-refractivity contribution is 7.27. The van der Waals surface area contributed by atoms with Gasteiger partial charge in [0, 0.05) is 76.9 Å². The van der Waals surface area contributed by atoms with E-state index in [0.717, 1.165) is 38.5 Å². The maximum Gasteiger partial charge on any atom is 0.254 e. The number of anilines is 12. The predicted molar refractivity (Wildman–Crippen MR) is 535 cm³/mol. The highest BCUT2D eigenvalue weighted by Gasteiger charge is 2.54. The van der Waals surface area contributed by atoms with Crippen LogP contribution in [0.4, 0.5) is 66.9 Å². The molecule has 8 bridgehead atoms. The lowest BCUT2D eigenvalue weighted by molar-refractivity contribution is 0.350. The topological polar surface area (TPSA) is 13.0 Å². The maximum atomic E-state index is 2.79. The highest BCUT2D eigenvalue weighted by Crippen LogP contribution is 2.60. The van der Waals surface area contributed by atoms with E-state index in [9.17, 15) is 0 Å². The second-order valence-corrected chi connectivity index (χ2v) is 47.8. The van der Waals surface area contributed by atoms with Crippen molar-refractivity contribution in [2.75, 3.05) is 19.6 Å². The van der Waals surface area contributed by atoms with E-state index in [1.807, 2.05) is 22.7 Å². The summed E-state index contributed by atoms with van der Waals surface area (Å²) in [7, 11) is 0. The van der Waals surface area contributed by atoms with Crippen molar-refractivity contribution in [1.82, 2.24) is 0 Å². The van der Waals surface area contributed by atoms with Gasteiger partial charge in [-0.05, 0) is 306 Å². The largest absolute Gasteiger partial charge is 0.311 e. The molecular weight excluding hydrogens is 1520 g/mol. The molecule has 6 aliphatic heterocycles. The van der Waals surface area contributed by atoms with Gasteiger partial charge < -0.3 is 19.6 Å². The van der Waals surface area contributed by atoms with E-state index in [1.165, 1.54) is 214 Å². The molecule has 2 atom stereocenters. The molecule has 123 heavy (non-hydrogen) atoms. The first-order valence-electron chi connectivity index (χ1n) is 45.8. The minimum atomic E-state index is -0.330. The molecule has 0 fully saturated rings. The summed E-state index contributed by atoms with van der Waals surface area (Å²) < 4.78 is 2.66. The Kier molecular flexibility index (Phi) is 16.7. The number of thiophene rings is 2. The van der Waals surface area contributed by atoms with E-state index < -0.39 is 0 Å². The third-order valence-electron chi connectivity index (χ3n) is 31.3. The van der Waals surface area contributed by atoms with Crippen molar-refractivity contribution in [3.05, 3.63) is 297 Å². The molecule has 22 rings (SSSR count). The van der Waals surface area contributed by atoms with Crippen LogP contribution in [-0.4, -0.2) is 13.4 Å². The molecule has 0 spiro atoms. The number of nitrogens with zero attached hydrogens (tertiary/aromatic N) is 4. The van der Waals surface area contributed by atoms with Gasteiger partial charge in [0.15, 0.2) is 0 Å². The first-order valence-corrected chi connectivity index (χ1v) is 47.4. The summed E-state index contributed by atoms with van der Waals surface area (Å²) in [6.45, 7) is 55.9. The Morgan fingerprint density at radius 3 is 1.16 bits per heavy atom. The molecule has 2 unspecified atom stereocenters. The summed E-state index contributed by atoms with van der Waals surface area (Å²) in [5.74, 6) is 0. The number of rotatable bonds is 6. The molecular formula is C115H118B2N4S2. The molecule has 8 heterocycles. The van der Waals surface area contributed by atoms with Crippen molar-refractivity contribution >= 4 is 156 Å². The van der Waals surface area contributed by atoms with Gasteiger partial charge in [0.2, 0.25) is 0 Å². The average molecular weight is 1640 g/mol. The van der Waals surface area contributed by atoms with Gasteiger partial charge >= 0.3 is 0 Å². The van der Waals surface area contributed by atoms with Gasteiger partial charge in [-0.1, -0.05) is 287 Å². The number of benzene rings is 12. The summed E-state index contributed by atoms with van der Waals surface area (Å²) in [6, 6.07) is 92.6. The van der Waals surface area contributed by atoms with Crippen LogP contribution < -0.4 is 52.4 Å². The van der Waals surface area contributed by atoms with E-state index in [0.29, 0.717) is 0 Å². The molecule has 0 saturated carbocycles. The van der Waals surface area contributed by atoms with Gasteiger partial charge in [0.05, 0.1) is 21.4 Å². The van der Waals surface area contributed by atoms with Crippen LogP contribution in [0.15, 0.2) is 224 Å². The molecule has 0 saturated heterocycles. The molecule has 4 nitrogen and oxygen atoms in total. The summed E-state index contributed by atoms with van der Waals surface area (Å²) in [6.07, 6.45) is 6.16. The second-order valence-electron chi connectivity index (χ2n) is 45.7. The van der Waals surface area contributed by atoms with Gasteiger partial charge in [-0.15, -0.1) is 22.7 Å². The van der Waals surface area contributed by atoms with Gasteiger partial charge in [-0.3, -0.25) is 0 Å². The highest BCUT2D eigenvalue weighted by atomic mass is 32.1. The van der Waals surface area contributed by atoms with Crippen molar-refractivity contribution in [2.45, 2.75) is 252 Å². The SMILES string of the molecule is CC(C)(C)c1ccc(N2c3cc(C(C)(C)CCc4ccc5sc6c(c5c4)B4c5cc7c8cc5N(c5ccc(C(C)(C)C)cc5-c5cccc(c5)C8(C)CCC7(C)C)c5cc(C(C)(C)C)cc(c54)N6c4ccc(C(C)(C)C)cc4)cc4c3B(c3cc5c6cc3N4c3ccc(C(C)(C)C)cc3-c3cccc(c3)C6(C)CCC5(C)C)c3c2sc2ccccc32)cc1. The van der Waals surface area contributed by atoms with Crippen LogP contribution in [0.1, 0.15) is 264 Å². The average Bonchev–Trinajstić information content (AvgIpc) is 1.68. The Morgan fingerprint density at radius 2 is 0.715 bits per heavy atom. The minimum absolute atomic E-state index is 0.0159. The molecule has 0 radical (unpaired) electrons. The lowest BCUT2D eigenvalue weighted by Crippen LogP contribution is -2.61. The standard InChI is InChI=1S/C115H118B2N4S2/c1-106(2,3)70-35-41-78(42-36-70)118-94-59-76(110(13,14)15)60-96-102(94)117(89-64-85-87-66-93(89)120(96)90-45-39-72(108(7,8)9)57-81(90)68-28-26-30-74(55-68)115(87,23)53-51-113(85,20)21)101-83-54-67(34-47-99(83)123-105(101)118)48-49-111(16,17)77-61-95-103-97(62-77)121-91-46-40-73(109(10,11)12)58-82(91)69-29-27-31-75(56-69)114(22)52-50-112(18,19)84-63-88(92(121)65-86(84)114)116(103)100-80-32-24-25-33-98(80)122-104(100)119(95)79-43-37-71(38-44-79)107(4,5)6/h24-47,54-66H,48-53H2,1-23H3. The zero-order valence-electron chi connectivity index (χ0n) is 76.9. The molecule has 2 aliphatic carbocycles. The summed E-state index contributed by atoms with van der Waals surface area (Å²) in [5, 5.41) is 5.37. The quantitative estimate of drug-likeness (QED) is 0.154. The molecule has 8 heteroatoms. The van der Waals surface area contributed by atoms with Crippen LogP contribution in [0, 0.1) is 0 Å². The lowest BCUT2D eigenvalue weighted by atomic mass is 9.33. The monoisotopic (exact) mass is 1640 g/mol. The van der Waals surface area contributed by atoms with Gasteiger partial charge in [-0.2, -0.15) is 0 Å². The van der Waals surface area contributed by atoms with Crippen molar-refractivity contribution < 1.29 is 0 Å². The van der Waals surface area contributed by atoms with Crippen LogP contribution in [0.3, 0.4) is 0 Å². The van der Waals surface area contributed by atoms with Gasteiger partial charge in [0.25, 0.3) is 13.4 Å². The Morgan fingerprint density at radius 1 is 0.309 bits per heavy atom. The summed E-state index contributed by atoms with van der Waals surface area (Å²) in [5.41, 5.74) is 43.1. The maximum absolute atomic E-state index is 2.79. The van der Waals surface area contributed by atoms with Crippen LogP contribution in [0.2, 0.25) is 0 Å². The second kappa shape index (κ2) is 26.0. The van der Waals surface area contributed by atoms with E-state index in [4.69, 9.17) is 0 Å². The Balaban J connectivity index is 0.765. The number of hydrogen-bond donors (Lipinski definition) is 0. The Labute approximate surface area is 741 Å². The molecule has 14 aromatic rings.